The lowest BCUT2D eigenvalue weighted by molar-refractivity contribution is -0.384. The average Bonchev–Trinajstić information content (AvgIpc) is 2.62. The highest BCUT2D eigenvalue weighted by molar-refractivity contribution is 7.92. The number of halogens is 3. The van der Waals surface area contributed by atoms with Crippen LogP contribution in [-0.4, -0.2) is 13.3 Å². The van der Waals surface area contributed by atoms with E-state index in [-0.39, 0.29) is 11.4 Å². The van der Waals surface area contributed by atoms with Crippen molar-refractivity contribution in [2.75, 3.05) is 4.72 Å². The molecule has 0 unspecified atom stereocenters. The fraction of sp³-hybridized carbons (Fsp3) is 0. The molecule has 0 aliphatic rings. The number of ether oxygens (including phenoxy) is 1. The van der Waals surface area contributed by atoms with Gasteiger partial charge in [0, 0.05) is 23.2 Å². The van der Waals surface area contributed by atoms with Crippen molar-refractivity contribution in [3.8, 4) is 11.5 Å². The van der Waals surface area contributed by atoms with Crippen molar-refractivity contribution >= 4 is 33.0 Å². The van der Waals surface area contributed by atoms with Gasteiger partial charge in [-0.2, -0.15) is 0 Å². The van der Waals surface area contributed by atoms with Crippen LogP contribution in [-0.2, 0) is 10.0 Å². The summed E-state index contributed by atoms with van der Waals surface area (Å²) in [4.78, 5) is 9.62. The summed E-state index contributed by atoms with van der Waals surface area (Å²) in [5.41, 5.74) is -0.708. The van der Waals surface area contributed by atoms with Crippen molar-refractivity contribution < 1.29 is 26.9 Å². The zero-order valence-corrected chi connectivity index (χ0v) is 15.9. The van der Waals surface area contributed by atoms with Crippen LogP contribution in [0.4, 0.5) is 20.2 Å². The van der Waals surface area contributed by atoms with E-state index in [1.165, 1.54) is 30.3 Å². The van der Waals surface area contributed by atoms with E-state index in [2.05, 4.69) is 0 Å². The molecular formula is C18H11ClF2N2O5S. The lowest BCUT2D eigenvalue weighted by Crippen LogP contribution is -2.15. The number of rotatable bonds is 6. The van der Waals surface area contributed by atoms with Crippen LogP contribution in [0.5, 0.6) is 11.5 Å². The van der Waals surface area contributed by atoms with Crippen molar-refractivity contribution in [1.82, 2.24) is 0 Å². The Morgan fingerprint density at radius 3 is 2.28 bits per heavy atom. The van der Waals surface area contributed by atoms with Gasteiger partial charge in [-0.05, 0) is 36.4 Å². The van der Waals surface area contributed by atoms with Crippen LogP contribution in [0, 0.1) is 21.7 Å². The van der Waals surface area contributed by atoms with E-state index in [0.717, 1.165) is 24.3 Å². The maximum Gasteiger partial charge on any atom is 0.275 e. The number of nitro groups is 1. The summed E-state index contributed by atoms with van der Waals surface area (Å²) in [6.07, 6.45) is 0. The van der Waals surface area contributed by atoms with Crippen LogP contribution in [0.3, 0.4) is 0 Å². The van der Waals surface area contributed by atoms with Crippen LogP contribution in [0.1, 0.15) is 0 Å². The van der Waals surface area contributed by atoms with Crippen LogP contribution in [0.25, 0.3) is 0 Å². The monoisotopic (exact) mass is 440 g/mol. The van der Waals surface area contributed by atoms with Crippen LogP contribution >= 0.6 is 11.6 Å². The number of sulfonamides is 1. The Balaban J connectivity index is 1.96. The Labute approximate surface area is 168 Å². The zero-order chi connectivity index (χ0) is 21.2. The van der Waals surface area contributed by atoms with Crippen molar-refractivity contribution in [1.29, 1.82) is 0 Å². The molecule has 0 bridgehead atoms. The van der Waals surface area contributed by atoms with Crippen LogP contribution in [0.15, 0.2) is 65.6 Å². The molecule has 3 aromatic rings. The summed E-state index contributed by atoms with van der Waals surface area (Å²) in [5.74, 6) is -2.00. The normalized spacial score (nSPS) is 11.1. The number of nitrogens with zero attached hydrogens (tertiary/aromatic N) is 1. The Kier molecular flexibility index (Phi) is 5.66. The van der Waals surface area contributed by atoms with Gasteiger partial charge in [0.2, 0.25) is 0 Å². The molecule has 3 aromatic carbocycles. The smallest absolute Gasteiger partial charge is 0.275 e. The molecule has 0 aliphatic heterocycles. The summed E-state index contributed by atoms with van der Waals surface area (Å²) in [5, 5.41) is 11.6. The molecule has 0 heterocycles. The average molecular weight is 441 g/mol. The molecule has 7 nitrogen and oxygen atoms in total. The quantitative estimate of drug-likeness (QED) is 0.423. The van der Waals surface area contributed by atoms with Crippen molar-refractivity contribution in [2.45, 2.75) is 4.90 Å². The maximum absolute atomic E-state index is 13.9. The topological polar surface area (TPSA) is 98.5 Å². The Bertz CT molecular complexity index is 1190. The summed E-state index contributed by atoms with van der Waals surface area (Å²) in [6.45, 7) is 0. The first-order valence-corrected chi connectivity index (χ1v) is 9.71. The van der Waals surface area contributed by atoms with Gasteiger partial charge in [0.15, 0.2) is 0 Å². The molecule has 0 saturated carbocycles. The number of anilines is 1. The van der Waals surface area contributed by atoms with E-state index in [0.29, 0.717) is 16.8 Å². The highest BCUT2D eigenvalue weighted by Crippen LogP contribution is 2.31. The molecule has 1 N–H and O–H groups in total. The largest absolute Gasteiger partial charge is 0.457 e. The van der Waals surface area contributed by atoms with Crippen molar-refractivity contribution in [3.63, 3.8) is 0 Å². The molecule has 0 radical (unpaired) electrons. The number of non-ortho nitro benzene ring substituents is 1. The van der Waals surface area contributed by atoms with E-state index < -0.39 is 37.2 Å². The molecule has 0 saturated heterocycles. The zero-order valence-electron chi connectivity index (χ0n) is 14.3. The molecule has 3 rings (SSSR count). The fourth-order valence-electron chi connectivity index (χ4n) is 2.35. The summed E-state index contributed by atoms with van der Waals surface area (Å²) < 4.78 is 59.3. The summed E-state index contributed by atoms with van der Waals surface area (Å²) in [7, 11) is -4.49. The summed E-state index contributed by atoms with van der Waals surface area (Å²) >= 11 is 5.78. The van der Waals surface area contributed by atoms with E-state index in [4.69, 9.17) is 16.3 Å². The highest BCUT2D eigenvalue weighted by atomic mass is 35.5. The number of nitrogens with one attached hydrogen (secondary N) is 1. The molecule has 0 spiro atoms. The van der Waals surface area contributed by atoms with E-state index in [9.17, 15) is 27.3 Å². The Morgan fingerprint density at radius 2 is 1.66 bits per heavy atom. The minimum atomic E-state index is -4.49. The second kappa shape index (κ2) is 8.02. The third-order valence-electron chi connectivity index (χ3n) is 3.59. The number of hydrogen-bond acceptors (Lipinski definition) is 5. The summed E-state index contributed by atoms with van der Waals surface area (Å²) in [6, 6.07) is 11.2. The lowest BCUT2D eigenvalue weighted by Gasteiger charge is -2.11. The van der Waals surface area contributed by atoms with Gasteiger partial charge in [-0.15, -0.1) is 0 Å². The predicted octanol–water partition coefficient (Wildman–Crippen LogP) is 5.12. The third-order valence-corrected chi connectivity index (χ3v) is 5.25. The van der Waals surface area contributed by atoms with E-state index >= 15 is 0 Å². The van der Waals surface area contributed by atoms with Gasteiger partial charge in [-0.3, -0.25) is 14.8 Å². The maximum atomic E-state index is 13.9. The van der Waals surface area contributed by atoms with Gasteiger partial charge in [-0.1, -0.05) is 11.6 Å². The molecule has 0 aliphatic carbocycles. The first-order valence-electron chi connectivity index (χ1n) is 7.85. The molecule has 29 heavy (non-hydrogen) atoms. The second-order valence-electron chi connectivity index (χ2n) is 5.71. The fourth-order valence-corrected chi connectivity index (χ4v) is 3.58. The number of nitro benzene ring substituents is 1. The van der Waals surface area contributed by atoms with Gasteiger partial charge in [0.25, 0.3) is 15.7 Å². The Morgan fingerprint density at radius 1 is 0.966 bits per heavy atom. The minimum Gasteiger partial charge on any atom is -0.457 e. The molecule has 0 amide bonds. The molecular weight excluding hydrogens is 430 g/mol. The third kappa shape index (κ3) is 4.98. The van der Waals surface area contributed by atoms with Gasteiger partial charge in [-0.25, -0.2) is 17.2 Å². The number of benzene rings is 3. The molecule has 0 fully saturated rings. The van der Waals surface area contributed by atoms with Crippen LogP contribution in [0.2, 0.25) is 5.02 Å². The second-order valence-corrected chi connectivity index (χ2v) is 7.80. The first-order chi connectivity index (χ1) is 13.6. The highest BCUT2D eigenvalue weighted by Gasteiger charge is 2.21. The predicted molar refractivity (Wildman–Crippen MR) is 102 cm³/mol. The molecule has 11 heteroatoms. The number of hydrogen-bond donors (Lipinski definition) is 1. The lowest BCUT2D eigenvalue weighted by atomic mass is 10.2. The first kappa shape index (κ1) is 20.5. The Hall–Kier alpha value is -3.24. The molecule has 0 atom stereocenters. The molecule has 0 aromatic heterocycles. The van der Waals surface area contributed by atoms with Crippen LogP contribution < -0.4 is 9.46 Å². The van der Waals surface area contributed by atoms with E-state index in [1.54, 1.807) is 0 Å². The van der Waals surface area contributed by atoms with Gasteiger partial charge in [0.05, 0.1) is 16.7 Å². The molecule has 150 valence electrons. The van der Waals surface area contributed by atoms with Gasteiger partial charge >= 0.3 is 0 Å². The van der Waals surface area contributed by atoms with Crippen molar-refractivity contribution in [3.05, 3.63) is 87.4 Å². The van der Waals surface area contributed by atoms with Gasteiger partial charge < -0.3 is 4.74 Å². The SMILES string of the molecule is O=[N+]([O-])c1cc(NS(=O)(=O)c2ccc(F)cc2F)cc(Oc2ccc(Cl)cc2)c1. The van der Waals surface area contributed by atoms with Gasteiger partial charge in [0.1, 0.15) is 28.0 Å². The van der Waals surface area contributed by atoms with Crippen molar-refractivity contribution in [2.24, 2.45) is 0 Å². The van der Waals surface area contributed by atoms with E-state index in [1.807, 2.05) is 4.72 Å². The minimum absolute atomic E-state index is 0.0428. The standard InChI is InChI=1S/C18H11ClF2N2O5S/c19-11-1-4-15(5-2-11)28-16-9-13(8-14(10-16)23(24)25)22-29(26,27)18-6-3-12(20)7-17(18)21/h1-10,22H.